The molecule has 0 spiro atoms. The number of carbonyl (C=O) groups excluding carboxylic acids is 1. The number of nitro benzene ring substituents is 1. The largest absolute Gasteiger partial charge is 0.461 e. The van der Waals surface area contributed by atoms with Crippen LogP contribution in [0.4, 0.5) is 5.69 Å². The Hall–Kier alpha value is -4.18. The van der Waals surface area contributed by atoms with E-state index in [-0.39, 0.29) is 18.8 Å². The van der Waals surface area contributed by atoms with Crippen molar-refractivity contribution in [2.45, 2.75) is 13.5 Å². The molecule has 0 atom stereocenters. The molecule has 7 heteroatoms. The van der Waals surface area contributed by atoms with Gasteiger partial charge in [0.2, 0.25) is 0 Å². The fourth-order valence-electron chi connectivity index (χ4n) is 3.65. The van der Waals surface area contributed by atoms with E-state index >= 15 is 0 Å². The average Bonchev–Trinajstić information content (AvgIpc) is 3.11. The Morgan fingerprint density at radius 2 is 1.93 bits per heavy atom. The molecule has 0 saturated heterocycles. The molecule has 0 fully saturated rings. The van der Waals surface area contributed by atoms with E-state index in [1.165, 1.54) is 12.1 Å². The van der Waals surface area contributed by atoms with E-state index in [9.17, 15) is 20.2 Å². The first kappa shape index (κ1) is 19.2. The summed E-state index contributed by atoms with van der Waals surface area (Å²) in [5, 5.41) is 23.1. The van der Waals surface area contributed by atoms with Gasteiger partial charge in [-0.05, 0) is 41.5 Å². The molecule has 0 saturated carbocycles. The molecule has 0 aliphatic carbocycles. The van der Waals surface area contributed by atoms with E-state index in [4.69, 9.17) is 4.74 Å². The fourth-order valence-corrected chi connectivity index (χ4v) is 3.65. The van der Waals surface area contributed by atoms with Gasteiger partial charge in [0.05, 0.1) is 28.7 Å². The number of nitriles is 1. The number of aromatic nitrogens is 1. The molecule has 0 amide bonds. The lowest BCUT2D eigenvalue weighted by atomic mass is 10.0. The smallest absolute Gasteiger partial charge is 0.354 e. The van der Waals surface area contributed by atoms with E-state index in [0.717, 1.165) is 16.2 Å². The molecule has 0 radical (unpaired) electrons. The van der Waals surface area contributed by atoms with Gasteiger partial charge in [0.1, 0.15) is 5.69 Å². The number of hydrogen-bond acceptors (Lipinski definition) is 5. The van der Waals surface area contributed by atoms with Crippen LogP contribution in [0.15, 0.2) is 60.7 Å². The van der Waals surface area contributed by atoms with Gasteiger partial charge in [0, 0.05) is 24.1 Å². The Labute approximate surface area is 171 Å². The molecule has 4 aromatic rings. The maximum atomic E-state index is 12.6. The second-order valence-electron chi connectivity index (χ2n) is 6.80. The highest BCUT2D eigenvalue weighted by Crippen LogP contribution is 2.29. The number of nitrogens with zero attached hydrogens (tertiary/aromatic N) is 3. The van der Waals surface area contributed by atoms with Crippen molar-refractivity contribution in [3.63, 3.8) is 0 Å². The molecule has 1 heterocycles. The molecule has 0 N–H and O–H groups in total. The number of ether oxygens (including phenoxy) is 1. The Balaban J connectivity index is 1.95. The molecule has 0 aliphatic rings. The Morgan fingerprint density at radius 3 is 2.67 bits per heavy atom. The van der Waals surface area contributed by atoms with Crippen LogP contribution in [0.5, 0.6) is 0 Å². The molecule has 3 aromatic carbocycles. The second-order valence-corrected chi connectivity index (χ2v) is 6.80. The van der Waals surface area contributed by atoms with Crippen LogP contribution in [-0.2, 0) is 11.3 Å². The quantitative estimate of drug-likeness (QED) is 0.273. The summed E-state index contributed by atoms with van der Waals surface area (Å²) >= 11 is 0. The molecule has 0 aliphatic heterocycles. The third-order valence-corrected chi connectivity index (χ3v) is 4.99. The zero-order chi connectivity index (χ0) is 21.3. The fraction of sp³-hybridized carbons (Fsp3) is 0.130. The van der Waals surface area contributed by atoms with Crippen molar-refractivity contribution in [3.8, 4) is 6.07 Å². The monoisotopic (exact) mass is 399 g/mol. The number of rotatable bonds is 5. The number of hydrogen-bond donors (Lipinski definition) is 0. The van der Waals surface area contributed by atoms with Gasteiger partial charge in [0.15, 0.2) is 0 Å². The van der Waals surface area contributed by atoms with Crippen molar-refractivity contribution < 1.29 is 14.5 Å². The van der Waals surface area contributed by atoms with Crippen molar-refractivity contribution in [3.05, 3.63) is 87.6 Å². The zero-order valence-corrected chi connectivity index (χ0v) is 16.2. The molecule has 0 bridgehead atoms. The summed E-state index contributed by atoms with van der Waals surface area (Å²) in [6.07, 6.45) is 0. The SMILES string of the molecule is CCOC(=O)c1cc2ccc(C#N)cc2n1Cc1cc([N+](=O)[O-])cc2ccccc12. The van der Waals surface area contributed by atoms with Crippen LogP contribution < -0.4 is 0 Å². The van der Waals surface area contributed by atoms with E-state index in [1.54, 1.807) is 35.8 Å². The van der Waals surface area contributed by atoms with E-state index in [2.05, 4.69) is 6.07 Å². The maximum absolute atomic E-state index is 12.6. The molecule has 4 rings (SSSR count). The molecule has 7 nitrogen and oxygen atoms in total. The first-order valence-electron chi connectivity index (χ1n) is 9.38. The van der Waals surface area contributed by atoms with Gasteiger partial charge >= 0.3 is 5.97 Å². The Kier molecular flexibility index (Phi) is 4.90. The van der Waals surface area contributed by atoms with Gasteiger partial charge in [-0.3, -0.25) is 10.1 Å². The van der Waals surface area contributed by atoms with Crippen LogP contribution in [0.2, 0.25) is 0 Å². The summed E-state index contributed by atoms with van der Waals surface area (Å²) < 4.78 is 6.96. The first-order chi connectivity index (χ1) is 14.5. The number of esters is 1. The van der Waals surface area contributed by atoms with Crippen molar-refractivity contribution >= 4 is 33.3 Å². The highest BCUT2D eigenvalue weighted by molar-refractivity contribution is 5.96. The molecule has 1 aromatic heterocycles. The van der Waals surface area contributed by atoms with Gasteiger partial charge < -0.3 is 9.30 Å². The van der Waals surface area contributed by atoms with Crippen LogP contribution in [0.3, 0.4) is 0 Å². The van der Waals surface area contributed by atoms with Crippen molar-refractivity contribution in [2.24, 2.45) is 0 Å². The summed E-state index contributed by atoms with van der Waals surface area (Å²) in [4.78, 5) is 23.6. The van der Waals surface area contributed by atoms with Crippen molar-refractivity contribution in [1.82, 2.24) is 4.57 Å². The molecule has 30 heavy (non-hydrogen) atoms. The van der Waals surface area contributed by atoms with Crippen LogP contribution in [-0.4, -0.2) is 22.1 Å². The van der Waals surface area contributed by atoms with Crippen molar-refractivity contribution in [1.29, 1.82) is 5.26 Å². The lowest BCUT2D eigenvalue weighted by molar-refractivity contribution is -0.384. The zero-order valence-electron chi connectivity index (χ0n) is 16.2. The van der Waals surface area contributed by atoms with Gasteiger partial charge in [-0.15, -0.1) is 0 Å². The first-order valence-corrected chi connectivity index (χ1v) is 9.38. The number of fused-ring (bicyclic) bond motifs is 2. The highest BCUT2D eigenvalue weighted by atomic mass is 16.6. The standard InChI is InChI=1S/C23H17N3O4/c1-2-30-23(27)22-12-17-8-7-15(13-24)9-21(17)25(22)14-18-11-19(26(28)29)10-16-5-3-4-6-20(16)18/h3-12H,2,14H2,1H3. The summed E-state index contributed by atoms with van der Waals surface area (Å²) in [6.45, 7) is 2.17. The van der Waals surface area contributed by atoms with E-state index < -0.39 is 10.9 Å². The minimum absolute atomic E-state index is 0.0180. The van der Waals surface area contributed by atoms with Crippen LogP contribution >= 0.6 is 0 Å². The summed E-state index contributed by atoms with van der Waals surface area (Å²) in [6, 6.07) is 19.5. The second kappa shape index (κ2) is 7.68. The van der Waals surface area contributed by atoms with Crippen LogP contribution in [0.25, 0.3) is 21.7 Å². The summed E-state index contributed by atoms with van der Waals surface area (Å²) in [7, 11) is 0. The Bertz CT molecular complexity index is 1350. The summed E-state index contributed by atoms with van der Waals surface area (Å²) in [5.41, 5.74) is 2.16. The number of non-ortho nitro benzene ring substituents is 1. The average molecular weight is 399 g/mol. The van der Waals surface area contributed by atoms with Gasteiger partial charge in [0.25, 0.3) is 5.69 Å². The third kappa shape index (κ3) is 3.35. The normalized spacial score (nSPS) is 10.8. The molecular formula is C23H17N3O4. The topological polar surface area (TPSA) is 98.2 Å². The lowest BCUT2D eigenvalue weighted by Gasteiger charge is -2.13. The number of carbonyl (C=O) groups is 1. The van der Waals surface area contributed by atoms with Crippen LogP contribution in [0.1, 0.15) is 28.5 Å². The third-order valence-electron chi connectivity index (χ3n) is 4.99. The molecule has 0 unspecified atom stereocenters. The predicted octanol–water partition coefficient (Wildman–Crippen LogP) is 4.80. The maximum Gasteiger partial charge on any atom is 0.354 e. The Morgan fingerprint density at radius 1 is 1.13 bits per heavy atom. The molecule has 148 valence electrons. The van der Waals surface area contributed by atoms with E-state index in [0.29, 0.717) is 22.3 Å². The summed E-state index contributed by atoms with van der Waals surface area (Å²) in [5.74, 6) is -0.484. The number of nitro groups is 1. The minimum Gasteiger partial charge on any atom is -0.461 e. The minimum atomic E-state index is -0.484. The van der Waals surface area contributed by atoms with Gasteiger partial charge in [-0.1, -0.05) is 30.3 Å². The van der Waals surface area contributed by atoms with Gasteiger partial charge in [-0.25, -0.2) is 4.79 Å². The lowest BCUT2D eigenvalue weighted by Crippen LogP contribution is -2.13. The van der Waals surface area contributed by atoms with Crippen LogP contribution in [0, 0.1) is 21.4 Å². The predicted molar refractivity (Wildman–Crippen MR) is 112 cm³/mol. The van der Waals surface area contributed by atoms with Crippen molar-refractivity contribution in [2.75, 3.05) is 6.61 Å². The molecular weight excluding hydrogens is 382 g/mol. The highest BCUT2D eigenvalue weighted by Gasteiger charge is 2.19. The number of benzene rings is 3. The van der Waals surface area contributed by atoms with E-state index in [1.807, 2.05) is 24.3 Å². The van der Waals surface area contributed by atoms with Gasteiger partial charge in [-0.2, -0.15) is 5.26 Å².